The van der Waals surface area contributed by atoms with Gasteiger partial charge >= 0.3 is 12.1 Å². The van der Waals surface area contributed by atoms with Crippen molar-refractivity contribution in [2.24, 2.45) is 0 Å². The maximum Gasteiger partial charge on any atom is 0.410 e. The Labute approximate surface area is 122 Å². The van der Waals surface area contributed by atoms with Crippen molar-refractivity contribution in [3.05, 3.63) is 48.0 Å². The van der Waals surface area contributed by atoms with E-state index in [4.69, 9.17) is 14.6 Å². The van der Waals surface area contributed by atoms with Gasteiger partial charge in [0.25, 0.3) is 0 Å². The third kappa shape index (κ3) is 3.82. The fourth-order valence-electron chi connectivity index (χ4n) is 2.08. The molecular weight excluding hydrogens is 274 g/mol. The molecule has 0 aliphatic carbocycles. The van der Waals surface area contributed by atoms with Crippen LogP contribution in [0.1, 0.15) is 22.0 Å². The number of hydrogen-bond acceptors (Lipinski definition) is 4. The van der Waals surface area contributed by atoms with E-state index in [1.807, 2.05) is 0 Å². The predicted octanol–water partition coefficient (Wildman–Crippen LogP) is 2.08. The van der Waals surface area contributed by atoms with Gasteiger partial charge in [0.2, 0.25) is 0 Å². The molecule has 0 bridgehead atoms. The van der Waals surface area contributed by atoms with E-state index in [1.165, 1.54) is 18.2 Å². The van der Waals surface area contributed by atoms with Crippen LogP contribution in [0.4, 0.5) is 4.79 Å². The second-order valence-corrected chi connectivity index (χ2v) is 4.60. The summed E-state index contributed by atoms with van der Waals surface area (Å²) in [5, 5.41) is 8.87. The number of aromatic carboxylic acids is 1. The van der Waals surface area contributed by atoms with Crippen LogP contribution in [-0.2, 0) is 9.47 Å². The van der Waals surface area contributed by atoms with E-state index in [-0.39, 0.29) is 18.3 Å². The summed E-state index contributed by atoms with van der Waals surface area (Å²) in [5.41, 5.74) is 1.05. The van der Waals surface area contributed by atoms with Gasteiger partial charge in [-0.2, -0.15) is 0 Å². The van der Waals surface area contributed by atoms with Gasteiger partial charge in [0.05, 0.1) is 18.7 Å². The van der Waals surface area contributed by atoms with Crippen LogP contribution in [0, 0.1) is 0 Å². The van der Waals surface area contributed by atoms with Crippen molar-refractivity contribution in [3.63, 3.8) is 0 Å². The number of rotatable bonds is 4. The van der Waals surface area contributed by atoms with Crippen molar-refractivity contribution in [3.8, 4) is 0 Å². The largest absolute Gasteiger partial charge is 0.478 e. The maximum atomic E-state index is 11.8. The van der Waals surface area contributed by atoms with E-state index in [2.05, 4.69) is 6.58 Å². The van der Waals surface area contributed by atoms with E-state index in [1.54, 1.807) is 17.0 Å². The summed E-state index contributed by atoms with van der Waals surface area (Å²) < 4.78 is 10.6. The second kappa shape index (κ2) is 6.90. The Morgan fingerprint density at radius 1 is 1.43 bits per heavy atom. The number of carboxylic acids is 1. The van der Waals surface area contributed by atoms with Crippen molar-refractivity contribution >= 4 is 12.1 Å². The number of morpholine rings is 1. The van der Waals surface area contributed by atoms with E-state index in [0.717, 1.165) is 5.56 Å². The van der Waals surface area contributed by atoms with Crippen LogP contribution in [0.5, 0.6) is 0 Å². The van der Waals surface area contributed by atoms with Crippen LogP contribution in [-0.4, -0.2) is 48.4 Å². The first-order valence-electron chi connectivity index (χ1n) is 6.59. The SMILES string of the molecule is C=CCOC(=O)N1CCO[C@@H](c2ccc(C(=O)O)cc2)C1. The zero-order valence-corrected chi connectivity index (χ0v) is 11.5. The molecule has 6 nitrogen and oxygen atoms in total. The fourth-order valence-corrected chi connectivity index (χ4v) is 2.08. The standard InChI is InChI=1S/C15H17NO5/c1-2-8-21-15(19)16-7-9-20-13(10-16)11-3-5-12(6-4-11)14(17)18/h2-6,13H,1,7-10H2,(H,17,18)/t13-/m1/s1. The van der Waals surface area contributed by atoms with Crippen LogP contribution in [0.3, 0.4) is 0 Å². The smallest absolute Gasteiger partial charge is 0.410 e. The molecular formula is C15H17NO5. The van der Waals surface area contributed by atoms with Crippen LogP contribution >= 0.6 is 0 Å². The van der Waals surface area contributed by atoms with E-state index in [0.29, 0.717) is 19.7 Å². The van der Waals surface area contributed by atoms with E-state index >= 15 is 0 Å². The molecule has 1 N–H and O–H groups in total. The molecule has 1 atom stereocenters. The average Bonchev–Trinajstić information content (AvgIpc) is 2.52. The summed E-state index contributed by atoms with van der Waals surface area (Å²) in [7, 11) is 0. The van der Waals surface area contributed by atoms with Crippen LogP contribution in [0.2, 0.25) is 0 Å². The minimum Gasteiger partial charge on any atom is -0.478 e. The van der Waals surface area contributed by atoms with E-state index in [9.17, 15) is 9.59 Å². The Hall–Kier alpha value is -2.34. The Morgan fingerprint density at radius 3 is 2.76 bits per heavy atom. The van der Waals surface area contributed by atoms with Gasteiger partial charge in [-0.3, -0.25) is 0 Å². The van der Waals surface area contributed by atoms with Crippen LogP contribution in [0.15, 0.2) is 36.9 Å². The van der Waals surface area contributed by atoms with E-state index < -0.39 is 12.1 Å². The first-order valence-corrected chi connectivity index (χ1v) is 6.59. The molecule has 2 rings (SSSR count). The highest BCUT2D eigenvalue weighted by Gasteiger charge is 2.26. The zero-order chi connectivity index (χ0) is 15.2. The normalized spacial score (nSPS) is 18.1. The molecule has 1 aromatic rings. The molecule has 1 aliphatic rings. The van der Waals surface area contributed by atoms with Gasteiger partial charge in [0, 0.05) is 6.54 Å². The lowest BCUT2D eigenvalue weighted by molar-refractivity contribution is -0.0273. The minimum absolute atomic E-state index is 0.175. The maximum absolute atomic E-state index is 11.8. The van der Waals surface area contributed by atoms with Gasteiger partial charge in [0.1, 0.15) is 12.7 Å². The predicted molar refractivity (Wildman–Crippen MR) is 75.2 cm³/mol. The summed E-state index contributed by atoms with van der Waals surface area (Å²) in [6.45, 7) is 4.93. The number of benzene rings is 1. The second-order valence-electron chi connectivity index (χ2n) is 4.60. The van der Waals surface area contributed by atoms with Gasteiger partial charge in [0.15, 0.2) is 0 Å². The van der Waals surface area contributed by atoms with Crippen LogP contribution < -0.4 is 0 Å². The summed E-state index contributed by atoms with van der Waals surface area (Å²) in [6.07, 6.45) is 0.837. The number of carboxylic acid groups (broad SMARTS) is 1. The van der Waals surface area contributed by atoms with Crippen molar-refractivity contribution < 1.29 is 24.2 Å². The first-order chi connectivity index (χ1) is 10.1. The van der Waals surface area contributed by atoms with Crippen LogP contribution in [0.25, 0.3) is 0 Å². The number of amides is 1. The molecule has 1 aliphatic heterocycles. The Kier molecular flexibility index (Phi) is 4.94. The Balaban J connectivity index is 2.01. The molecule has 0 radical (unpaired) electrons. The number of carbonyl (C=O) groups is 2. The van der Waals surface area contributed by atoms with Crippen molar-refractivity contribution in [2.45, 2.75) is 6.10 Å². The zero-order valence-electron chi connectivity index (χ0n) is 11.5. The number of ether oxygens (including phenoxy) is 2. The highest BCUT2D eigenvalue weighted by molar-refractivity contribution is 5.87. The average molecular weight is 291 g/mol. The van der Waals surface area contributed by atoms with Crippen molar-refractivity contribution in [2.75, 3.05) is 26.3 Å². The van der Waals surface area contributed by atoms with Gasteiger partial charge in [-0.1, -0.05) is 24.8 Å². The number of carbonyl (C=O) groups excluding carboxylic acids is 1. The lowest BCUT2D eigenvalue weighted by Gasteiger charge is -2.32. The number of nitrogens with zero attached hydrogens (tertiary/aromatic N) is 1. The lowest BCUT2D eigenvalue weighted by atomic mass is 10.1. The van der Waals surface area contributed by atoms with Gasteiger partial charge in [-0.25, -0.2) is 9.59 Å². The van der Waals surface area contributed by atoms with Crippen molar-refractivity contribution in [1.82, 2.24) is 4.90 Å². The molecule has 21 heavy (non-hydrogen) atoms. The highest BCUT2D eigenvalue weighted by atomic mass is 16.6. The Bertz CT molecular complexity index is 525. The summed E-state index contributed by atoms with van der Waals surface area (Å²) >= 11 is 0. The molecule has 1 heterocycles. The number of hydrogen-bond donors (Lipinski definition) is 1. The summed E-state index contributed by atoms with van der Waals surface area (Å²) in [5.74, 6) is -0.972. The summed E-state index contributed by atoms with van der Waals surface area (Å²) in [4.78, 5) is 24.2. The third-order valence-corrected chi connectivity index (χ3v) is 3.18. The lowest BCUT2D eigenvalue weighted by Crippen LogP contribution is -2.42. The van der Waals surface area contributed by atoms with Gasteiger partial charge < -0.3 is 19.5 Å². The molecule has 1 aromatic carbocycles. The Morgan fingerprint density at radius 2 is 2.14 bits per heavy atom. The quantitative estimate of drug-likeness (QED) is 0.859. The van der Waals surface area contributed by atoms with Gasteiger partial charge in [-0.15, -0.1) is 0 Å². The molecule has 112 valence electrons. The molecule has 0 aromatic heterocycles. The molecule has 1 amide bonds. The molecule has 1 saturated heterocycles. The topological polar surface area (TPSA) is 76.1 Å². The monoisotopic (exact) mass is 291 g/mol. The molecule has 6 heteroatoms. The molecule has 0 spiro atoms. The molecule has 1 fully saturated rings. The molecule has 0 saturated carbocycles. The minimum atomic E-state index is -0.972. The third-order valence-electron chi connectivity index (χ3n) is 3.18. The first kappa shape index (κ1) is 15.1. The fraction of sp³-hybridized carbons (Fsp3) is 0.333. The summed E-state index contributed by atoms with van der Waals surface area (Å²) in [6, 6.07) is 6.45. The molecule has 0 unspecified atom stereocenters. The van der Waals surface area contributed by atoms with Gasteiger partial charge in [-0.05, 0) is 17.7 Å². The van der Waals surface area contributed by atoms with Crippen molar-refractivity contribution in [1.29, 1.82) is 0 Å². The highest BCUT2D eigenvalue weighted by Crippen LogP contribution is 2.23.